The zero-order valence-corrected chi connectivity index (χ0v) is 12.6. The lowest BCUT2D eigenvalue weighted by atomic mass is 9.96. The lowest BCUT2D eigenvalue weighted by molar-refractivity contribution is -0.151. The molecule has 21 heavy (non-hydrogen) atoms. The molecule has 0 bridgehead atoms. The molecule has 2 atom stereocenters. The van der Waals surface area contributed by atoms with Gasteiger partial charge in [0.05, 0.1) is 0 Å². The quantitative estimate of drug-likeness (QED) is 0.921. The van der Waals surface area contributed by atoms with E-state index in [9.17, 15) is 9.59 Å². The number of piperazine rings is 1. The molecule has 4 nitrogen and oxygen atoms in total. The van der Waals surface area contributed by atoms with Gasteiger partial charge in [0.1, 0.15) is 12.1 Å². The molecule has 2 fully saturated rings. The fourth-order valence-electron chi connectivity index (χ4n) is 3.05. The Morgan fingerprint density at radius 2 is 1.86 bits per heavy atom. The Morgan fingerprint density at radius 3 is 2.43 bits per heavy atom. The van der Waals surface area contributed by atoms with E-state index in [4.69, 9.17) is 0 Å². The maximum Gasteiger partial charge on any atom is 0.248 e. The second-order valence-electron chi connectivity index (χ2n) is 6.52. The standard InChI is InChI=1S/C17H22N2O2/c1-11(2)10-19-15(13-6-4-3-5-7-13)16(20)18-14(17(19)21)12-8-9-12/h3-7,11-12,14-15H,8-10H2,1-2H3,(H,18,20). The summed E-state index contributed by atoms with van der Waals surface area (Å²) in [5.74, 6) is 0.719. The van der Waals surface area contributed by atoms with Crippen molar-refractivity contribution in [2.24, 2.45) is 11.8 Å². The van der Waals surface area contributed by atoms with Crippen molar-refractivity contribution >= 4 is 11.8 Å². The van der Waals surface area contributed by atoms with Crippen molar-refractivity contribution in [3.05, 3.63) is 35.9 Å². The lowest BCUT2D eigenvalue weighted by Crippen LogP contribution is -2.60. The predicted octanol–water partition coefficient (Wildman–Crippen LogP) is 2.12. The zero-order valence-electron chi connectivity index (χ0n) is 12.6. The number of benzene rings is 1. The molecular formula is C17H22N2O2. The van der Waals surface area contributed by atoms with Crippen LogP contribution in [0.2, 0.25) is 0 Å². The molecule has 4 heteroatoms. The van der Waals surface area contributed by atoms with Crippen LogP contribution < -0.4 is 5.32 Å². The first-order chi connectivity index (χ1) is 10.1. The number of amides is 2. The fourth-order valence-corrected chi connectivity index (χ4v) is 3.05. The average Bonchev–Trinajstić information content (AvgIpc) is 3.27. The van der Waals surface area contributed by atoms with Gasteiger partial charge in [-0.05, 0) is 30.2 Å². The first kappa shape index (κ1) is 14.1. The summed E-state index contributed by atoms with van der Waals surface area (Å²) in [6.07, 6.45) is 2.09. The van der Waals surface area contributed by atoms with Crippen LogP contribution in [0.4, 0.5) is 0 Å². The number of hydrogen-bond acceptors (Lipinski definition) is 2. The predicted molar refractivity (Wildman–Crippen MR) is 80.4 cm³/mol. The van der Waals surface area contributed by atoms with E-state index in [-0.39, 0.29) is 17.9 Å². The molecule has 1 aliphatic heterocycles. The van der Waals surface area contributed by atoms with Crippen LogP contribution in [-0.4, -0.2) is 29.3 Å². The monoisotopic (exact) mass is 286 g/mol. The SMILES string of the molecule is CC(C)CN1C(=O)C(C2CC2)NC(=O)C1c1ccccc1. The molecule has 2 unspecified atom stereocenters. The van der Waals surface area contributed by atoms with Gasteiger partial charge < -0.3 is 10.2 Å². The summed E-state index contributed by atoms with van der Waals surface area (Å²) >= 11 is 0. The van der Waals surface area contributed by atoms with Crippen molar-refractivity contribution in [1.29, 1.82) is 0 Å². The van der Waals surface area contributed by atoms with E-state index in [0.717, 1.165) is 18.4 Å². The van der Waals surface area contributed by atoms with E-state index in [1.165, 1.54) is 0 Å². The summed E-state index contributed by atoms with van der Waals surface area (Å²) in [5.41, 5.74) is 0.887. The third kappa shape index (κ3) is 2.80. The van der Waals surface area contributed by atoms with Crippen LogP contribution >= 0.6 is 0 Å². The van der Waals surface area contributed by atoms with E-state index in [0.29, 0.717) is 18.4 Å². The first-order valence-electron chi connectivity index (χ1n) is 7.73. The normalized spacial score (nSPS) is 26.1. The topological polar surface area (TPSA) is 49.4 Å². The molecule has 0 aromatic heterocycles. The van der Waals surface area contributed by atoms with E-state index >= 15 is 0 Å². The summed E-state index contributed by atoms with van der Waals surface area (Å²) in [4.78, 5) is 27.1. The average molecular weight is 286 g/mol. The highest BCUT2D eigenvalue weighted by Crippen LogP contribution is 2.37. The second kappa shape index (κ2) is 5.51. The van der Waals surface area contributed by atoms with E-state index < -0.39 is 6.04 Å². The van der Waals surface area contributed by atoms with Gasteiger partial charge in [0, 0.05) is 6.54 Å². The van der Waals surface area contributed by atoms with E-state index in [1.807, 2.05) is 30.3 Å². The molecule has 1 heterocycles. The Labute approximate surface area is 125 Å². The second-order valence-corrected chi connectivity index (χ2v) is 6.52. The molecule has 1 aromatic carbocycles. The fraction of sp³-hybridized carbons (Fsp3) is 0.529. The Bertz CT molecular complexity index is 537. The maximum absolute atomic E-state index is 12.8. The number of carbonyl (C=O) groups excluding carboxylic acids is 2. The Morgan fingerprint density at radius 1 is 1.19 bits per heavy atom. The van der Waals surface area contributed by atoms with Crippen molar-refractivity contribution in [1.82, 2.24) is 10.2 Å². The summed E-state index contributed by atoms with van der Waals surface area (Å²) in [5, 5.41) is 2.95. The van der Waals surface area contributed by atoms with Crippen molar-refractivity contribution in [2.75, 3.05) is 6.54 Å². The van der Waals surface area contributed by atoms with E-state index in [1.54, 1.807) is 4.90 Å². The summed E-state index contributed by atoms with van der Waals surface area (Å²) < 4.78 is 0. The highest BCUT2D eigenvalue weighted by molar-refractivity contribution is 5.98. The Kier molecular flexibility index (Phi) is 3.70. The molecule has 0 spiro atoms. The van der Waals surface area contributed by atoms with Crippen molar-refractivity contribution in [3.8, 4) is 0 Å². The summed E-state index contributed by atoms with van der Waals surface area (Å²) in [6.45, 7) is 4.77. The van der Waals surface area contributed by atoms with Gasteiger partial charge in [-0.2, -0.15) is 0 Å². The van der Waals surface area contributed by atoms with Gasteiger partial charge in [0.25, 0.3) is 0 Å². The molecule has 1 aliphatic carbocycles. The highest BCUT2D eigenvalue weighted by Gasteiger charge is 2.47. The smallest absolute Gasteiger partial charge is 0.248 e. The molecule has 112 valence electrons. The zero-order chi connectivity index (χ0) is 15.0. The number of hydrogen-bond donors (Lipinski definition) is 1. The van der Waals surface area contributed by atoms with Gasteiger partial charge in [-0.1, -0.05) is 44.2 Å². The largest absolute Gasteiger partial charge is 0.342 e. The third-order valence-electron chi connectivity index (χ3n) is 4.18. The van der Waals surface area contributed by atoms with Crippen LogP contribution in [0.5, 0.6) is 0 Å². The molecule has 2 amide bonds. The first-order valence-corrected chi connectivity index (χ1v) is 7.73. The number of nitrogens with one attached hydrogen (secondary N) is 1. The maximum atomic E-state index is 12.8. The Balaban J connectivity index is 1.92. The highest BCUT2D eigenvalue weighted by atomic mass is 16.2. The van der Waals surface area contributed by atoms with Crippen LogP contribution in [0.3, 0.4) is 0 Å². The van der Waals surface area contributed by atoms with Crippen LogP contribution in [0.15, 0.2) is 30.3 Å². The summed E-state index contributed by atoms with van der Waals surface area (Å²) in [7, 11) is 0. The lowest BCUT2D eigenvalue weighted by Gasteiger charge is -2.40. The number of rotatable bonds is 4. The Hall–Kier alpha value is -1.84. The number of carbonyl (C=O) groups is 2. The van der Waals surface area contributed by atoms with Gasteiger partial charge in [0.15, 0.2) is 0 Å². The van der Waals surface area contributed by atoms with Crippen LogP contribution in [-0.2, 0) is 9.59 Å². The van der Waals surface area contributed by atoms with Crippen LogP contribution in [0, 0.1) is 11.8 Å². The van der Waals surface area contributed by atoms with Crippen LogP contribution in [0.1, 0.15) is 38.3 Å². The minimum atomic E-state index is -0.490. The van der Waals surface area contributed by atoms with Gasteiger partial charge in [-0.3, -0.25) is 9.59 Å². The van der Waals surface area contributed by atoms with Gasteiger partial charge in [-0.25, -0.2) is 0 Å². The van der Waals surface area contributed by atoms with Gasteiger partial charge in [-0.15, -0.1) is 0 Å². The molecule has 1 saturated heterocycles. The van der Waals surface area contributed by atoms with E-state index in [2.05, 4.69) is 19.2 Å². The summed E-state index contributed by atoms with van der Waals surface area (Å²) in [6, 6.07) is 8.78. The van der Waals surface area contributed by atoms with Crippen molar-refractivity contribution in [3.63, 3.8) is 0 Å². The van der Waals surface area contributed by atoms with Crippen molar-refractivity contribution in [2.45, 2.75) is 38.8 Å². The molecule has 0 radical (unpaired) electrons. The molecule has 2 aliphatic rings. The molecule has 1 aromatic rings. The minimum Gasteiger partial charge on any atom is -0.342 e. The third-order valence-corrected chi connectivity index (χ3v) is 4.18. The van der Waals surface area contributed by atoms with Crippen LogP contribution in [0.25, 0.3) is 0 Å². The van der Waals surface area contributed by atoms with Gasteiger partial charge in [0.2, 0.25) is 11.8 Å². The molecule has 1 saturated carbocycles. The number of nitrogens with zero attached hydrogens (tertiary/aromatic N) is 1. The van der Waals surface area contributed by atoms with Crippen molar-refractivity contribution < 1.29 is 9.59 Å². The molecule has 1 N–H and O–H groups in total. The molecule has 3 rings (SSSR count). The molecular weight excluding hydrogens is 264 g/mol. The minimum absolute atomic E-state index is 0.0432. The van der Waals surface area contributed by atoms with Gasteiger partial charge >= 0.3 is 0 Å².